The van der Waals surface area contributed by atoms with Gasteiger partial charge in [0.1, 0.15) is 5.60 Å². The summed E-state index contributed by atoms with van der Waals surface area (Å²) < 4.78 is 5.14. The molecule has 24 heavy (non-hydrogen) atoms. The average Bonchev–Trinajstić information content (AvgIpc) is 2.50. The van der Waals surface area contributed by atoms with Crippen molar-refractivity contribution >= 4 is 17.6 Å². The van der Waals surface area contributed by atoms with E-state index in [-0.39, 0.29) is 18.7 Å². The van der Waals surface area contributed by atoms with Crippen LogP contribution in [-0.2, 0) is 4.74 Å². The molecule has 0 heterocycles. The molecule has 5 nitrogen and oxygen atoms in total. The van der Waals surface area contributed by atoms with Crippen LogP contribution in [0.3, 0.4) is 0 Å². The van der Waals surface area contributed by atoms with E-state index in [0.717, 1.165) is 18.7 Å². The predicted molar refractivity (Wildman–Crippen MR) is 97.6 cm³/mol. The van der Waals surface area contributed by atoms with Crippen molar-refractivity contribution < 1.29 is 14.3 Å². The molecule has 0 fully saturated rings. The normalized spacial score (nSPS) is 11.0. The molecule has 0 atom stereocenters. The first-order valence-electron chi connectivity index (χ1n) is 8.66. The van der Waals surface area contributed by atoms with E-state index in [1.54, 1.807) is 26.8 Å². The van der Waals surface area contributed by atoms with Gasteiger partial charge in [-0.15, -0.1) is 0 Å². The smallest absolute Gasteiger partial charge is 0.407 e. The summed E-state index contributed by atoms with van der Waals surface area (Å²) in [5.74, 6) is 0.00302. The Bertz CT molecular complexity index is 536. The molecule has 134 valence electrons. The third-order valence-corrected chi connectivity index (χ3v) is 3.31. The highest BCUT2D eigenvalue weighted by atomic mass is 16.6. The highest BCUT2D eigenvalue weighted by molar-refractivity contribution is 5.97. The highest BCUT2D eigenvalue weighted by Gasteiger charge is 2.16. The van der Waals surface area contributed by atoms with Crippen LogP contribution >= 0.6 is 0 Å². The third kappa shape index (κ3) is 8.56. The van der Waals surface area contributed by atoms with Crippen LogP contribution < -0.4 is 10.6 Å². The van der Waals surface area contributed by atoms with Gasteiger partial charge in [-0.1, -0.05) is 31.9 Å². The number of ether oxygens (including phenoxy) is 1. The maximum Gasteiger partial charge on any atom is 0.407 e. The van der Waals surface area contributed by atoms with Crippen LogP contribution in [0.2, 0.25) is 0 Å². The van der Waals surface area contributed by atoms with Gasteiger partial charge >= 0.3 is 6.09 Å². The number of hydrogen-bond donors (Lipinski definition) is 2. The fraction of sp³-hybridized carbons (Fsp3) is 0.579. The first-order chi connectivity index (χ1) is 11.3. The molecule has 0 bridgehead atoms. The second-order valence-electron chi connectivity index (χ2n) is 6.82. The molecule has 0 aliphatic carbocycles. The third-order valence-electron chi connectivity index (χ3n) is 3.31. The van der Waals surface area contributed by atoms with E-state index in [2.05, 4.69) is 17.6 Å². The Morgan fingerprint density at radius 1 is 1.12 bits per heavy atom. The Morgan fingerprint density at radius 2 is 1.88 bits per heavy atom. The molecular formula is C19H30N2O3. The van der Waals surface area contributed by atoms with Crippen molar-refractivity contribution in [2.45, 2.75) is 59.0 Å². The first-order valence-corrected chi connectivity index (χ1v) is 8.66. The lowest BCUT2D eigenvalue weighted by Crippen LogP contribution is -2.33. The highest BCUT2D eigenvalue weighted by Crippen LogP contribution is 2.13. The summed E-state index contributed by atoms with van der Waals surface area (Å²) in [6.07, 6.45) is 3.25. The number of ketones is 1. The number of benzene rings is 1. The summed E-state index contributed by atoms with van der Waals surface area (Å²) in [7, 11) is 0. The van der Waals surface area contributed by atoms with Gasteiger partial charge in [0.05, 0.1) is 0 Å². The molecule has 0 aromatic heterocycles. The number of amides is 1. The van der Waals surface area contributed by atoms with Crippen LogP contribution in [0.25, 0.3) is 0 Å². The van der Waals surface area contributed by atoms with Gasteiger partial charge in [-0.3, -0.25) is 4.79 Å². The molecule has 1 aromatic rings. The molecule has 0 saturated heterocycles. The fourth-order valence-corrected chi connectivity index (χ4v) is 2.15. The zero-order chi connectivity index (χ0) is 18.0. The molecule has 0 aliphatic rings. The van der Waals surface area contributed by atoms with E-state index in [9.17, 15) is 9.59 Å². The molecule has 5 heteroatoms. The Kier molecular flexibility index (Phi) is 8.30. The second-order valence-corrected chi connectivity index (χ2v) is 6.82. The number of alkyl carbamates (subject to hydrolysis) is 1. The zero-order valence-electron chi connectivity index (χ0n) is 15.3. The molecule has 1 aromatic carbocycles. The van der Waals surface area contributed by atoms with Crippen molar-refractivity contribution in [1.82, 2.24) is 5.32 Å². The number of rotatable bonds is 9. The number of nitrogens with one attached hydrogen (secondary N) is 2. The maximum absolute atomic E-state index is 12.2. The SMILES string of the molecule is CCCCCNc1cccc(C(=O)CCNC(=O)OC(C)(C)C)c1. The van der Waals surface area contributed by atoms with E-state index >= 15 is 0 Å². The molecule has 0 radical (unpaired) electrons. The number of hydrogen-bond acceptors (Lipinski definition) is 4. The van der Waals surface area contributed by atoms with Crippen molar-refractivity contribution in [2.24, 2.45) is 0 Å². The number of carbonyl (C=O) groups is 2. The number of Topliss-reactive ketones (excluding diaryl/α,β-unsaturated/α-hetero) is 1. The molecule has 0 spiro atoms. The Balaban J connectivity index is 2.40. The number of carbonyl (C=O) groups excluding carboxylic acids is 2. The molecule has 1 amide bonds. The van der Waals surface area contributed by atoms with Crippen LogP contribution in [0.4, 0.5) is 10.5 Å². The van der Waals surface area contributed by atoms with Gasteiger partial charge in [-0.2, -0.15) is 0 Å². The second kappa shape index (κ2) is 9.96. The molecule has 1 rings (SSSR count). The summed E-state index contributed by atoms with van der Waals surface area (Å²) in [5.41, 5.74) is 1.07. The van der Waals surface area contributed by atoms with Crippen LogP contribution in [0.15, 0.2) is 24.3 Å². The minimum atomic E-state index is -0.536. The van der Waals surface area contributed by atoms with Crippen molar-refractivity contribution in [3.8, 4) is 0 Å². The first kappa shape index (κ1) is 20.0. The minimum absolute atomic E-state index is 0.00302. The van der Waals surface area contributed by atoms with Crippen molar-refractivity contribution in [3.05, 3.63) is 29.8 Å². The van der Waals surface area contributed by atoms with Crippen LogP contribution in [-0.4, -0.2) is 30.6 Å². The molecule has 0 saturated carbocycles. The van der Waals surface area contributed by atoms with Gasteiger partial charge in [-0.05, 0) is 39.3 Å². The fourth-order valence-electron chi connectivity index (χ4n) is 2.15. The zero-order valence-corrected chi connectivity index (χ0v) is 15.3. The van der Waals surface area contributed by atoms with Gasteiger partial charge in [0, 0.05) is 30.8 Å². The lowest BCUT2D eigenvalue weighted by Gasteiger charge is -2.19. The lowest BCUT2D eigenvalue weighted by molar-refractivity contribution is 0.0527. The molecule has 0 unspecified atom stereocenters. The van der Waals surface area contributed by atoms with E-state index in [1.165, 1.54) is 12.8 Å². The van der Waals surface area contributed by atoms with Crippen LogP contribution in [0.5, 0.6) is 0 Å². The van der Waals surface area contributed by atoms with Gasteiger partial charge in [-0.25, -0.2) is 4.79 Å². The Labute approximate surface area is 145 Å². The summed E-state index contributed by atoms with van der Waals surface area (Å²) in [6, 6.07) is 7.49. The standard InChI is InChI=1S/C19H30N2O3/c1-5-6-7-12-20-16-10-8-9-15(14-16)17(22)11-13-21-18(23)24-19(2,3)4/h8-10,14,20H,5-7,11-13H2,1-4H3,(H,21,23). The van der Waals surface area contributed by atoms with Gasteiger partial charge in [0.2, 0.25) is 0 Å². The monoisotopic (exact) mass is 334 g/mol. The average molecular weight is 334 g/mol. The topological polar surface area (TPSA) is 67.4 Å². The minimum Gasteiger partial charge on any atom is -0.444 e. The molecule has 2 N–H and O–H groups in total. The Morgan fingerprint density at radius 3 is 2.54 bits per heavy atom. The van der Waals surface area contributed by atoms with Crippen molar-refractivity contribution in [2.75, 3.05) is 18.4 Å². The predicted octanol–water partition coefficient (Wildman–Crippen LogP) is 4.39. The number of anilines is 1. The van der Waals surface area contributed by atoms with Gasteiger partial charge in [0.15, 0.2) is 5.78 Å². The van der Waals surface area contributed by atoms with E-state index < -0.39 is 11.7 Å². The van der Waals surface area contributed by atoms with Gasteiger partial charge in [0.25, 0.3) is 0 Å². The largest absolute Gasteiger partial charge is 0.444 e. The van der Waals surface area contributed by atoms with Gasteiger partial charge < -0.3 is 15.4 Å². The summed E-state index contributed by atoms with van der Waals surface area (Å²) in [6.45, 7) is 8.75. The van der Waals surface area contributed by atoms with Crippen LogP contribution in [0.1, 0.15) is 63.7 Å². The van der Waals surface area contributed by atoms with Crippen LogP contribution in [0, 0.1) is 0 Å². The van der Waals surface area contributed by atoms with Crippen molar-refractivity contribution in [3.63, 3.8) is 0 Å². The quantitative estimate of drug-likeness (QED) is 0.519. The maximum atomic E-state index is 12.2. The van der Waals surface area contributed by atoms with Crippen molar-refractivity contribution in [1.29, 1.82) is 0 Å². The van der Waals surface area contributed by atoms with E-state index in [0.29, 0.717) is 5.56 Å². The summed E-state index contributed by atoms with van der Waals surface area (Å²) in [5, 5.41) is 5.94. The van der Waals surface area contributed by atoms with E-state index in [4.69, 9.17) is 4.74 Å². The number of unbranched alkanes of at least 4 members (excludes halogenated alkanes) is 2. The van der Waals surface area contributed by atoms with E-state index in [1.807, 2.05) is 18.2 Å². The summed E-state index contributed by atoms with van der Waals surface area (Å²) in [4.78, 5) is 23.8. The Hall–Kier alpha value is -2.04. The molecular weight excluding hydrogens is 304 g/mol. The molecule has 0 aliphatic heterocycles. The lowest BCUT2D eigenvalue weighted by atomic mass is 10.1. The summed E-state index contributed by atoms with van der Waals surface area (Å²) >= 11 is 0.